The summed E-state index contributed by atoms with van der Waals surface area (Å²) in [6.45, 7) is 7.34. The number of hydrogen-bond donors (Lipinski definition) is 2. The molecule has 1 aliphatic rings. The average Bonchev–Trinajstić information content (AvgIpc) is 3.53. The molecule has 0 unspecified atom stereocenters. The maximum atomic E-state index is 8.01. The third-order valence-electron chi connectivity index (χ3n) is 4.79. The van der Waals surface area contributed by atoms with Crippen LogP contribution in [0, 0.1) is 0 Å². The van der Waals surface area contributed by atoms with Crippen molar-refractivity contribution in [2.24, 2.45) is 0 Å². The summed E-state index contributed by atoms with van der Waals surface area (Å²) in [4.78, 5) is 0. The van der Waals surface area contributed by atoms with Gasteiger partial charge in [0.15, 0.2) is 0 Å². The van der Waals surface area contributed by atoms with Crippen LogP contribution in [0.5, 0.6) is 0 Å². The molecular weight excluding hydrogens is 574 g/mol. The Morgan fingerprint density at radius 3 is 2.23 bits per heavy atom. The molecule has 4 nitrogen and oxygen atoms in total. The predicted molar refractivity (Wildman–Crippen MR) is 134 cm³/mol. The Balaban J connectivity index is 0.00000113. The van der Waals surface area contributed by atoms with E-state index in [-0.39, 0.29) is 26.5 Å². The fraction of sp³-hybridized carbons (Fsp3) is 0.360. The summed E-state index contributed by atoms with van der Waals surface area (Å²) in [6, 6.07) is 14.4. The van der Waals surface area contributed by atoms with Gasteiger partial charge < -0.3 is 21.3 Å². The molecule has 0 spiro atoms. The van der Waals surface area contributed by atoms with E-state index in [1.807, 2.05) is 24.3 Å². The average molecular weight is 607 g/mol. The number of nitrogens with two attached hydrogens (primary N) is 1. The van der Waals surface area contributed by atoms with E-state index in [0.717, 1.165) is 59.5 Å². The van der Waals surface area contributed by atoms with E-state index in [0.29, 0.717) is 6.54 Å². The number of allylic oxidation sites excluding steroid dienone is 1. The second-order valence-electron chi connectivity index (χ2n) is 8.46. The molecule has 0 aromatic heterocycles. The molecule has 6 heteroatoms. The topological polar surface area (TPSA) is 84.2 Å². The minimum absolute atomic E-state index is 0. The van der Waals surface area contributed by atoms with Gasteiger partial charge in [0.05, 0.1) is 0 Å². The fourth-order valence-electron chi connectivity index (χ4n) is 2.89. The van der Waals surface area contributed by atoms with E-state index in [2.05, 4.69) is 51.1 Å². The summed E-state index contributed by atoms with van der Waals surface area (Å²) < 4.78 is 7.49. The number of rotatable bonds is 6. The molecule has 0 heterocycles. The van der Waals surface area contributed by atoms with Crippen LogP contribution in [-0.4, -0.2) is 17.4 Å². The Kier molecular flexibility index (Phi) is 11.5. The molecule has 1 fully saturated rings. The quantitative estimate of drug-likeness (QED) is 0.198. The first-order valence-corrected chi connectivity index (χ1v) is 11.4. The van der Waals surface area contributed by atoms with Crippen molar-refractivity contribution in [2.75, 3.05) is 18.5 Å². The Labute approximate surface area is 206 Å². The standard InChI is InChI=1S/C24H29N3.CH4OS.W/c1-24(2,3)20-14-18(5-4-17-6-10-21(25)11-7-17)15-22(16-20)27-13-12-23(26)19-8-9-19;1-3-2;/h4-7,10-11,14-16,26H,8-9,12-13,25H2,1-3H3;2H,1H3;/q-2;;+2/b5-4+;;. The summed E-state index contributed by atoms with van der Waals surface area (Å²) in [5.41, 5.74) is 21.2. The van der Waals surface area contributed by atoms with Crippen molar-refractivity contribution in [2.45, 2.75) is 45.4 Å². The normalized spacial score (nSPS) is 12.6. The zero-order valence-corrected chi connectivity index (χ0v) is 22.6. The summed E-state index contributed by atoms with van der Waals surface area (Å²) >= 11 is 0.750. The van der Waals surface area contributed by atoms with E-state index in [9.17, 15) is 0 Å². The van der Waals surface area contributed by atoms with Gasteiger partial charge in [0, 0.05) is 11.9 Å². The van der Waals surface area contributed by atoms with Crippen LogP contribution in [-0.2, 0) is 26.5 Å². The van der Waals surface area contributed by atoms with Crippen molar-refractivity contribution in [1.82, 2.24) is 0 Å². The number of hydrogen-bond acceptors (Lipinski definition) is 3. The van der Waals surface area contributed by atoms with Crippen LogP contribution in [0.3, 0.4) is 0 Å². The largest absolute Gasteiger partial charge is 2.00 e. The van der Waals surface area contributed by atoms with Gasteiger partial charge in [-0.1, -0.05) is 75.2 Å². The number of nitrogen functional groups attached to an aromatic ring is 1. The number of benzene rings is 2. The maximum absolute atomic E-state index is 8.01. The predicted octanol–water partition coefficient (Wildman–Crippen LogP) is 8.05. The first-order valence-electron chi connectivity index (χ1n) is 10.2. The molecule has 0 bridgehead atoms. The summed E-state index contributed by atoms with van der Waals surface area (Å²) in [5, 5.41) is 4.75. The molecule has 4 N–H and O–H groups in total. The Morgan fingerprint density at radius 1 is 1.10 bits per heavy atom. The van der Waals surface area contributed by atoms with Gasteiger partial charge in [0.1, 0.15) is 0 Å². The summed E-state index contributed by atoms with van der Waals surface area (Å²) in [5.74, 6) is 0. The van der Waals surface area contributed by atoms with Crippen molar-refractivity contribution in [3.63, 3.8) is 0 Å². The minimum atomic E-state index is 0. The van der Waals surface area contributed by atoms with Crippen LogP contribution in [0.1, 0.15) is 56.7 Å². The first-order chi connectivity index (χ1) is 14.2. The Hall–Kier alpha value is -1.68. The maximum Gasteiger partial charge on any atom is 2.00 e. The van der Waals surface area contributed by atoms with E-state index < -0.39 is 0 Å². The van der Waals surface area contributed by atoms with Crippen molar-refractivity contribution in [3.05, 3.63) is 81.5 Å². The molecule has 1 aliphatic carbocycles. The van der Waals surface area contributed by atoms with Gasteiger partial charge >= 0.3 is 21.1 Å². The van der Waals surface area contributed by atoms with E-state index in [4.69, 9.17) is 21.3 Å². The van der Waals surface area contributed by atoms with Crippen molar-refractivity contribution in [1.29, 1.82) is 0 Å². The second-order valence-corrected chi connectivity index (χ2v) is 8.82. The van der Waals surface area contributed by atoms with Gasteiger partial charge in [0.25, 0.3) is 0 Å². The molecule has 2 aromatic carbocycles. The molecule has 3 rings (SSSR count). The van der Waals surface area contributed by atoms with Crippen molar-refractivity contribution < 1.29 is 25.6 Å². The van der Waals surface area contributed by atoms with Gasteiger partial charge in [-0.05, 0) is 59.1 Å². The second kappa shape index (κ2) is 13.0. The van der Waals surface area contributed by atoms with Gasteiger partial charge in [-0.15, -0.1) is 12.2 Å². The van der Waals surface area contributed by atoms with E-state index in [1.165, 1.54) is 11.1 Å². The third-order valence-corrected chi connectivity index (χ3v) is 4.79. The van der Waals surface area contributed by atoms with Crippen LogP contribution in [0.4, 0.5) is 11.4 Å². The minimum Gasteiger partial charge on any atom is -0.702 e. The Bertz CT molecular complexity index is 881. The van der Waals surface area contributed by atoms with Gasteiger partial charge in [-0.2, -0.15) is 5.70 Å². The first kappa shape index (κ1) is 27.4. The molecule has 166 valence electrons. The number of anilines is 1. The molecule has 31 heavy (non-hydrogen) atoms. The fourth-order valence-corrected chi connectivity index (χ4v) is 2.89. The zero-order valence-electron chi connectivity index (χ0n) is 18.8. The van der Waals surface area contributed by atoms with Crippen LogP contribution >= 0.6 is 12.0 Å². The summed E-state index contributed by atoms with van der Waals surface area (Å²) in [7, 11) is 0. The van der Waals surface area contributed by atoms with E-state index >= 15 is 0 Å². The van der Waals surface area contributed by atoms with Gasteiger partial charge in [-0.3, -0.25) is 0 Å². The number of nitrogens with zero attached hydrogens (tertiary/aromatic N) is 1. The smallest absolute Gasteiger partial charge is 0.702 e. The SMILES string of the molecule is CC(C)(C)c1cc(/C=C/c2ccc(N)cc2)cc([N-]CCC([NH-])=C2CC2)c1.CSO.[W+2]. The molecule has 1 saturated carbocycles. The van der Waals surface area contributed by atoms with Gasteiger partial charge in [0.2, 0.25) is 0 Å². The molecule has 0 saturated heterocycles. The number of nitrogens with one attached hydrogen (secondary N) is 1. The van der Waals surface area contributed by atoms with Crippen molar-refractivity contribution >= 4 is 35.6 Å². The summed E-state index contributed by atoms with van der Waals surface area (Å²) in [6.07, 6.45) is 8.79. The van der Waals surface area contributed by atoms with Crippen LogP contribution in [0.2, 0.25) is 0 Å². The molecule has 0 radical (unpaired) electrons. The molecule has 0 aliphatic heterocycles. The van der Waals surface area contributed by atoms with Gasteiger partial charge in [-0.25, -0.2) is 0 Å². The third kappa shape index (κ3) is 9.99. The van der Waals surface area contributed by atoms with Crippen molar-refractivity contribution in [3.8, 4) is 0 Å². The molecular formula is C25H33N3OSW. The van der Waals surface area contributed by atoms with Crippen LogP contribution < -0.4 is 5.73 Å². The monoisotopic (exact) mass is 607 g/mol. The zero-order chi connectivity index (χ0) is 22.1. The van der Waals surface area contributed by atoms with Crippen LogP contribution in [0.15, 0.2) is 53.7 Å². The van der Waals surface area contributed by atoms with Crippen LogP contribution in [0.25, 0.3) is 23.2 Å². The van der Waals surface area contributed by atoms with E-state index in [1.54, 1.807) is 6.26 Å². The molecule has 0 amide bonds. The molecule has 2 aromatic rings. The Morgan fingerprint density at radius 2 is 1.68 bits per heavy atom. The molecule has 0 atom stereocenters.